The van der Waals surface area contributed by atoms with E-state index in [4.69, 9.17) is 5.11 Å². The van der Waals surface area contributed by atoms with Gasteiger partial charge in [0, 0.05) is 18.9 Å². The van der Waals surface area contributed by atoms with Crippen molar-refractivity contribution in [3.8, 4) is 0 Å². The van der Waals surface area contributed by atoms with Crippen LogP contribution >= 0.6 is 0 Å². The van der Waals surface area contributed by atoms with Crippen molar-refractivity contribution in [2.45, 2.75) is 13.5 Å². The first-order valence-electron chi connectivity index (χ1n) is 6.03. The molecular weight excluding hydrogens is 240 g/mol. The molecule has 4 heteroatoms. The number of aryl methyl sites for hydroxylation is 1. The fourth-order valence-electron chi connectivity index (χ4n) is 1.97. The van der Waals surface area contributed by atoms with E-state index in [-0.39, 0.29) is 0 Å². The van der Waals surface area contributed by atoms with Crippen LogP contribution in [0, 0.1) is 6.92 Å². The van der Waals surface area contributed by atoms with E-state index in [0.29, 0.717) is 12.1 Å². The molecule has 0 radical (unpaired) electrons. The molecule has 2 aromatic rings. The lowest BCUT2D eigenvalue weighted by molar-refractivity contribution is 0.0697. The highest BCUT2D eigenvalue weighted by molar-refractivity contribution is 5.89. The molecule has 0 aliphatic carbocycles. The molecule has 19 heavy (non-hydrogen) atoms. The average Bonchev–Trinajstić information content (AvgIpc) is 2.40. The van der Waals surface area contributed by atoms with E-state index in [1.807, 2.05) is 43.1 Å². The summed E-state index contributed by atoms with van der Waals surface area (Å²) < 4.78 is 0. The van der Waals surface area contributed by atoms with Gasteiger partial charge in [0.25, 0.3) is 0 Å². The number of hydrogen-bond acceptors (Lipinski definition) is 3. The standard InChI is InChI=1S/C15H16N2O2/c1-11-6-7-12(15(18)19)9-14(11)17(2)10-13-5-3-4-8-16-13/h3-9H,10H2,1-2H3,(H,18,19). The van der Waals surface area contributed by atoms with E-state index < -0.39 is 5.97 Å². The maximum absolute atomic E-state index is 11.0. The third kappa shape index (κ3) is 3.10. The second kappa shape index (κ2) is 5.52. The molecule has 1 aromatic carbocycles. The largest absolute Gasteiger partial charge is 0.478 e. The first-order valence-corrected chi connectivity index (χ1v) is 6.03. The first-order chi connectivity index (χ1) is 9.08. The fraction of sp³-hybridized carbons (Fsp3) is 0.200. The minimum Gasteiger partial charge on any atom is -0.478 e. The highest BCUT2D eigenvalue weighted by atomic mass is 16.4. The topological polar surface area (TPSA) is 53.4 Å². The highest BCUT2D eigenvalue weighted by Crippen LogP contribution is 2.22. The van der Waals surface area contributed by atoms with Crippen molar-refractivity contribution in [3.63, 3.8) is 0 Å². The van der Waals surface area contributed by atoms with Crippen molar-refractivity contribution < 1.29 is 9.90 Å². The number of pyridine rings is 1. The van der Waals surface area contributed by atoms with Crippen LogP contribution in [0.1, 0.15) is 21.6 Å². The fourth-order valence-corrected chi connectivity index (χ4v) is 1.97. The van der Waals surface area contributed by atoms with Crippen LogP contribution in [0.15, 0.2) is 42.6 Å². The van der Waals surface area contributed by atoms with E-state index >= 15 is 0 Å². The number of rotatable bonds is 4. The Morgan fingerprint density at radius 2 is 2.11 bits per heavy atom. The normalized spacial score (nSPS) is 10.2. The molecule has 0 bridgehead atoms. The molecule has 1 aromatic heterocycles. The van der Waals surface area contributed by atoms with Crippen LogP contribution < -0.4 is 4.90 Å². The van der Waals surface area contributed by atoms with Gasteiger partial charge in [-0.05, 0) is 36.8 Å². The van der Waals surface area contributed by atoms with Crippen molar-refractivity contribution in [3.05, 3.63) is 59.4 Å². The summed E-state index contributed by atoms with van der Waals surface area (Å²) in [7, 11) is 1.93. The Labute approximate surface area is 112 Å². The van der Waals surface area contributed by atoms with Gasteiger partial charge in [0.15, 0.2) is 0 Å². The Balaban J connectivity index is 2.25. The number of anilines is 1. The summed E-state index contributed by atoms with van der Waals surface area (Å²) in [5.41, 5.74) is 3.20. The lowest BCUT2D eigenvalue weighted by atomic mass is 10.1. The maximum Gasteiger partial charge on any atom is 0.335 e. The number of nitrogens with zero attached hydrogens (tertiary/aromatic N) is 2. The van der Waals surface area contributed by atoms with E-state index in [0.717, 1.165) is 16.9 Å². The van der Waals surface area contributed by atoms with Gasteiger partial charge in [0.1, 0.15) is 0 Å². The molecule has 0 atom stereocenters. The summed E-state index contributed by atoms with van der Waals surface area (Å²) in [6, 6.07) is 10.9. The molecule has 1 heterocycles. The van der Waals surface area contributed by atoms with E-state index in [2.05, 4.69) is 4.98 Å². The second-order valence-electron chi connectivity index (χ2n) is 4.48. The number of aromatic nitrogens is 1. The van der Waals surface area contributed by atoms with Gasteiger partial charge in [-0.2, -0.15) is 0 Å². The zero-order chi connectivity index (χ0) is 13.8. The minimum absolute atomic E-state index is 0.300. The molecule has 0 saturated carbocycles. The molecule has 0 amide bonds. The lowest BCUT2D eigenvalue weighted by Crippen LogP contribution is -2.18. The predicted octanol–water partition coefficient (Wildman–Crippen LogP) is 2.72. The highest BCUT2D eigenvalue weighted by Gasteiger charge is 2.10. The molecule has 2 rings (SSSR count). The summed E-state index contributed by atoms with van der Waals surface area (Å²) in [6.07, 6.45) is 1.75. The monoisotopic (exact) mass is 256 g/mol. The first kappa shape index (κ1) is 13.1. The summed E-state index contributed by atoms with van der Waals surface area (Å²) in [6.45, 7) is 2.61. The Morgan fingerprint density at radius 1 is 1.32 bits per heavy atom. The third-order valence-corrected chi connectivity index (χ3v) is 2.99. The van der Waals surface area contributed by atoms with Crippen molar-refractivity contribution in [2.75, 3.05) is 11.9 Å². The maximum atomic E-state index is 11.0. The Bertz CT molecular complexity index is 582. The molecular formula is C15H16N2O2. The number of carboxylic acid groups (broad SMARTS) is 1. The summed E-state index contributed by atoms with van der Waals surface area (Å²) in [5.74, 6) is -0.910. The van der Waals surface area contributed by atoms with Gasteiger partial charge in [-0.1, -0.05) is 12.1 Å². The molecule has 0 spiro atoms. The van der Waals surface area contributed by atoms with Crippen LogP contribution in [0.5, 0.6) is 0 Å². The number of carboxylic acids is 1. The predicted molar refractivity (Wildman–Crippen MR) is 74.5 cm³/mol. The van der Waals surface area contributed by atoms with Gasteiger partial charge < -0.3 is 10.0 Å². The number of hydrogen-bond donors (Lipinski definition) is 1. The van der Waals surface area contributed by atoms with E-state index in [1.54, 1.807) is 18.3 Å². The second-order valence-corrected chi connectivity index (χ2v) is 4.48. The average molecular weight is 256 g/mol. The zero-order valence-electron chi connectivity index (χ0n) is 11.0. The quantitative estimate of drug-likeness (QED) is 0.913. The minimum atomic E-state index is -0.910. The zero-order valence-corrected chi connectivity index (χ0v) is 11.0. The van der Waals surface area contributed by atoms with Crippen LogP contribution in [0.2, 0.25) is 0 Å². The van der Waals surface area contributed by atoms with Crippen LogP contribution in [-0.2, 0) is 6.54 Å². The Morgan fingerprint density at radius 3 is 2.74 bits per heavy atom. The van der Waals surface area contributed by atoms with Crippen molar-refractivity contribution in [1.82, 2.24) is 4.98 Å². The smallest absolute Gasteiger partial charge is 0.335 e. The van der Waals surface area contributed by atoms with Gasteiger partial charge in [0.05, 0.1) is 17.8 Å². The van der Waals surface area contributed by atoms with Crippen molar-refractivity contribution in [2.24, 2.45) is 0 Å². The van der Waals surface area contributed by atoms with Gasteiger partial charge in [0.2, 0.25) is 0 Å². The lowest BCUT2D eigenvalue weighted by Gasteiger charge is -2.21. The molecule has 0 aliphatic heterocycles. The molecule has 0 unspecified atom stereocenters. The van der Waals surface area contributed by atoms with Gasteiger partial charge in [-0.15, -0.1) is 0 Å². The SMILES string of the molecule is Cc1ccc(C(=O)O)cc1N(C)Cc1ccccn1. The van der Waals surface area contributed by atoms with Crippen LogP contribution in [0.25, 0.3) is 0 Å². The van der Waals surface area contributed by atoms with Crippen LogP contribution in [0.4, 0.5) is 5.69 Å². The van der Waals surface area contributed by atoms with Crippen molar-refractivity contribution >= 4 is 11.7 Å². The molecule has 0 aliphatic rings. The molecule has 4 nitrogen and oxygen atoms in total. The Hall–Kier alpha value is -2.36. The summed E-state index contributed by atoms with van der Waals surface area (Å²) >= 11 is 0. The van der Waals surface area contributed by atoms with Crippen molar-refractivity contribution in [1.29, 1.82) is 0 Å². The van der Waals surface area contributed by atoms with Crippen LogP contribution in [0.3, 0.4) is 0 Å². The number of aromatic carboxylic acids is 1. The van der Waals surface area contributed by atoms with Gasteiger partial charge in [-0.3, -0.25) is 4.98 Å². The molecule has 1 N–H and O–H groups in total. The molecule has 0 saturated heterocycles. The van der Waals surface area contributed by atoms with Crippen LogP contribution in [-0.4, -0.2) is 23.1 Å². The van der Waals surface area contributed by atoms with E-state index in [1.165, 1.54) is 0 Å². The summed E-state index contributed by atoms with van der Waals surface area (Å²) in [5, 5.41) is 9.04. The molecule has 0 fully saturated rings. The number of carbonyl (C=O) groups is 1. The molecule has 98 valence electrons. The van der Waals surface area contributed by atoms with Gasteiger partial charge in [-0.25, -0.2) is 4.79 Å². The van der Waals surface area contributed by atoms with Gasteiger partial charge >= 0.3 is 5.97 Å². The van der Waals surface area contributed by atoms with E-state index in [9.17, 15) is 4.79 Å². The Kier molecular flexibility index (Phi) is 3.80. The third-order valence-electron chi connectivity index (χ3n) is 2.99. The number of benzene rings is 1. The summed E-state index contributed by atoms with van der Waals surface area (Å²) in [4.78, 5) is 17.3.